The second-order valence-electron chi connectivity index (χ2n) is 2.68. The maximum Gasteiger partial charge on any atom is 0.192 e. The van der Waals surface area contributed by atoms with Gasteiger partial charge in [0.15, 0.2) is 5.78 Å². The van der Waals surface area contributed by atoms with E-state index in [0.29, 0.717) is 16.8 Å². The van der Waals surface area contributed by atoms with Crippen molar-refractivity contribution >= 4 is 11.5 Å². The molecular formula is C11H11NO. The molecular weight excluding hydrogens is 162 g/mol. The van der Waals surface area contributed by atoms with Crippen LogP contribution in [0.2, 0.25) is 0 Å². The van der Waals surface area contributed by atoms with Crippen molar-refractivity contribution in [2.24, 2.45) is 0 Å². The molecule has 0 saturated heterocycles. The fraction of sp³-hybridized carbons (Fsp3) is 0. The number of nitrogens with two attached hydrogens (primary N) is 1. The molecule has 0 bridgehead atoms. The summed E-state index contributed by atoms with van der Waals surface area (Å²) in [5.74, 6) is -0.116. The number of allylic oxidation sites excluding steroid dienone is 2. The number of carbonyl (C=O) groups is 1. The summed E-state index contributed by atoms with van der Waals surface area (Å²) in [7, 11) is 0. The SMILES string of the molecule is C=CC(=C)C(=O)c1ccc(N)cc1. The molecule has 0 heterocycles. The molecule has 0 aliphatic heterocycles. The molecule has 2 N–H and O–H groups in total. The van der Waals surface area contributed by atoms with E-state index in [1.165, 1.54) is 6.08 Å². The van der Waals surface area contributed by atoms with Gasteiger partial charge in [-0.05, 0) is 24.3 Å². The van der Waals surface area contributed by atoms with E-state index in [9.17, 15) is 4.79 Å². The number of hydrogen-bond donors (Lipinski definition) is 1. The predicted octanol–water partition coefficient (Wildman–Crippen LogP) is 2.19. The van der Waals surface area contributed by atoms with Crippen LogP contribution in [0.3, 0.4) is 0 Å². The third-order valence-corrected chi connectivity index (χ3v) is 1.71. The number of nitrogen functional groups attached to an aromatic ring is 1. The molecule has 0 amide bonds. The molecule has 1 aromatic carbocycles. The summed E-state index contributed by atoms with van der Waals surface area (Å²) in [6.07, 6.45) is 1.44. The smallest absolute Gasteiger partial charge is 0.192 e. The lowest BCUT2D eigenvalue weighted by Crippen LogP contribution is -2.00. The second-order valence-corrected chi connectivity index (χ2v) is 2.68. The minimum atomic E-state index is -0.116. The molecule has 13 heavy (non-hydrogen) atoms. The minimum absolute atomic E-state index is 0.116. The van der Waals surface area contributed by atoms with Crippen LogP contribution < -0.4 is 5.73 Å². The molecule has 0 aromatic heterocycles. The van der Waals surface area contributed by atoms with Crippen LogP contribution in [-0.2, 0) is 0 Å². The Morgan fingerprint density at radius 2 is 1.85 bits per heavy atom. The van der Waals surface area contributed by atoms with E-state index in [0.717, 1.165) is 0 Å². The number of hydrogen-bond acceptors (Lipinski definition) is 2. The Bertz CT molecular complexity index is 349. The van der Waals surface area contributed by atoms with Gasteiger partial charge in [0.25, 0.3) is 0 Å². The summed E-state index contributed by atoms with van der Waals surface area (Å²) in [4.78, 5) is 11.5. The highest BCUT2D eigenvalue weighted by molar-refractivity contribution is 6.10. The molecule has 0 aliphatic rings. The summed E-state index contributed by atoms with van der Waals surface area (Å²) in [6.45, 7) is 7.05. The van der Waals surface area contributed by atoms with E-state index < -0.39 is 0 Å². The topological polar surface area (TPSA) is 43.1 Å². The Morgan fingerprint density at radius 3 is 2.31 bits per heavy atom. The summed E-state index contributed by atoms with van der Waals surface area (Å²) >= 11 is 0. The van der Waals surface area contributed by atoms with Crippen molar-refractivity contribution in [2.45, 2.75) is 0 Å². The van der Waals surface area contributed by atoms with E-state index in [4.69, 9.17) is 5.73 Å². The van der Waals surface area contributed by atoms with Crippen LogP contribution in [0.4, 0.5) is 5.69 Å². The van der Waals surface area contributed by atoms with Gasteiger partial charge in [-0.2, -0.15) is 0 Å². The van der Waals surface area contributed by atoms with E-state index in [2.05, 4.69) is 13.2 Å². The lowest BCUT2D eigenvalue weighted by molar-refractivity contribution is 0.103. The zero-order valence-electron chi connectivity index (χ0n) is 7.29. The van der Waals surface area contributed by atoms with Gasteiger partial charge in [-0.25, -0.2) is 0 Å². The monoisotopic (exact) mass is 173 g/mol. The molecule has 2 nitrogen and oxygen atoms in total. The molecule has 2 heteroatoms. The maximum atomic E-state index is 11.5. The first kappa shape index (κ1) is 9.26. The Balaban J connectivity index is 2.96. The molecule has 0 spiro atoms. The van der Waals surface area contributed by atoms with E-state index in [-0.39, 0.29) is 5.78 Å². The van der Waals surface area contributed by atoms with E-state index in [1.54, 1.807) is 24.3 Å². The first-order valence-corrected chi connectivity index (χ1v) is 3.86. The lowest BCUT2D eigenvalue weighted by Gasteiger charge is -1.99. The number of anilines is 1. The van der Waals surface area contributed by atoms with Gasteiger partial charge >= 0.3 is 0 Å². The van der Waals surface area contributed by atoms with Gasteiger partial charge < -0.3 is 5.73 Å². The van der Waals surface area contributed by atoms with Gasteiger partial charge in [-0.1, -0.05) is 19.2 Å². The highest BCUT2D eigenvalue weighted by atomic mass is 16.1. The standard InChI is InChI=1S/C11H11NO/c1-3-8(2)11(13)9-4-6-10(12)7-5-9/h3-7H,1-2,12H2. The molecule has 1 rings (SSSR count). The summed E-state index contributed by atoms with van der Waals surface area (Å²) in [5, 5.41) is 0. The maximum absolute atomic E-state index is 11.5. The van der Waals surface area contributed by atoms with Crippen molar-refractivity contribution in [3.05, 3.63) is 54.6 Å². The van der Waals surface area contributed by atoms with Gasteiger partial charge in [0.05, 0.1) is 0 Å². The van der Waals surface area contributed by atoms with Crippen LogP contribution in [-0.4, -0.2) is 5.78 Å². The Morgan fingerprint density at radius 1 is 1.31 bits per heavy atom. The van der Waals surface area contributed by atoms with Crippen molar-refractivity contribution in [3.8, 4) is 0 Å². The first-order chi connectivity index (χ1) is 6.15. The molecule has 0 aliphatic carbocycles. The molecule has 66 valence electrons. The van der Waals surface area contributed by atoms with Gasteiger partial charge in [0, 0.05) is 16.8 Å². The van der Waals surface area contributed by atoms with Gasteiger partial charge in [0.2, 0.25) is 0 Å². The average Bonchev–Trinajstić information content (AvgIpc) is 2.17. The van der Waals surface area contributed by atoms with Crippen molar-refractivity contribution in [1.82, 2.24) is 0 Å². The molecule has 0 radical (unpaired) electrons. The molecule has 0 atom stereocenters. The fourth-order valence-corrected chi connectivity index (χ4v) is 0.913. The summed E-state index contributed by atoms with van der Waals surface area (Å²) < 4.78 is 0. The van der Waals surface area contributed by atoms with Crippen LogP contribution >= 0.6 is 0 Å². The zero-order valence-corrected chi connectivity index (χ0v) is 7.29. The van der Waals surface area contributed by atoms with Crippen LogP contribution in [0.5, 0.6) is 0 Å². The average molecular weight is 173 g/mol. The minimum Gasteiger partial charge on any atom is -0.399 e. The predicted molar refractivity (Wildman–Crippen MR) is 54.5 cm³/mol. The van der Waals surface area contributed by atoms with E-state index in [1.807, 2.05) is 0 Å². The van der Waals surface area contributed by atoms with Crippen molar-refractivity contribution in [3.63, 3.8) is 0 Å². The molecule has 0 unspecified atom stereocenters. The van der Waals surface area contributed by atoms with E-state index >= 15 is 0 Å². The second kappa shape index (κ2) is 3.72. The van der Waals surface area contributed by atoms with Gasteiger partial charge in [-0.3, -0.25) is 4.79 Å². The zero-order chi connectivity index (χ0) is 9.84. The van der Waals surface area contributed by atoms with Crippen LogP contribution in [0.25, 0.3) is 0 Å². The van der Waals surface area contributed by atoms with Crippen molar-refractivity contribution in [1.29, 1.82) is 0 Å². The number of carbonyl (C=O) groups excluding carboxylic acids is 1. The quantitative estimate of drug-likeness (QED) is 0.329. The molecule has 0 saturated carbocycles. The fourth-order valence-electron chi connectivity index (χ4n) is 0.913. The summed E-state index contributed by atoms with van der Waals surface area (Å²) in [5.41, 5.74) is 7.10. The number of ketones is 1. The summed E-state index contributed by atoms with van der Waals surface area (Å²) in [6, 6.07) is 6.71. The number of benzene rings is 1. The third-order valence-electron chi connectivity index (χ3n) is 1.71. The Labute approximate surface area is 77.4 Å². The van der Waals surface area contributed by atoms with Crippen LogP contribution in [0.1, 0.15) is 10.4 Å². The number of Topliss-reactive ketones (excluding diaryl/α,β-unsaturated/α-hetero) is 1. The highest BCUT2D eigenvalue weighted by Gasteiger charge is 2.05. The third kappa shape index (κ3) is 2.06. The largest absolute Gasteiger partial charge is 0.399 e. The van der Waals surface area contributed by atoms with Crippen molar-refractivity contribution < 1.29 is 4.79 Å². The number of rotatable bonds is 3. The molecule has 0 fully saturated rings. The molecule has 1 aromatic rings. The van der Waals surface area contributed by atoms with Crippen LogP contribution in [0, 0.1) is 0 Å². The Hall–Kier alpha value is -1.83. The van der Waals surface area contributed by atoms with Crippen LogP contribution in [0.15, 0.2) is 49.1 Å². The van der Waals surface area contributed by atoms with Crippen molar-refractivity contribution in [2.75, 3.05) is 5.73 Å². The lowest BCUT2D eigenvalue weighted by atomic mass is 10.0. The first-order valence-electron chi connectivity index (χ1n) is 3.86. The Kier molecular flexibility index (Phi) is 2.65. The van der Waals surface area contributed by atoms with Gasteiger partial charge in [0.1, 0.15) is 0 Å². The van der Waals surface area contributed by atoms with Gasteiger partial charge in [-0.15, -0.1) is 0 Å². The highest BCUT2D eigenvalue weighted by Crippen LogP contribution is 2.10. The normalized spacial score (nSPS) is 9.23.